The summed E-state index contributed by atoms with van der Waals surface area (Å²) in [7, 11) is -0.311. The van der Waals surface area contributed by atoms with Gasteiger partial charge in [-0.2, -0.15) is 0 Å². The number of aromatic nitrogens is 2. The van der Waals surface area contributed by atoms with Gasteiger partial charge in [0.1, 0.15) is 5.82 Å². The molecule has 1 aromatic carbocycles. The van der Waals surface area contributed by atoms with Crippen molar-refractivity contribution in [2.75, 3.05) is 0 Å². The Hall–Kier alpha value is -1.59. The zero-order chi connectivity index (χ0) is 16.0. The summed E-state index contributed by atoms with van der Waals surface area (Å²) in [6.45, 7) is 11.1. The Labute approximate surface area is 132 Å². The van der Waals surface area contributed by atoms with Crippen molar-refractivity contribution in [2.45, 2.75) is 52.4 Å². The quantitative estimate of drug-likeness (QED) is 0.817. The molecule has 0 N–H and O–H groups in total. The number of hydrogen-bond donors (Lipinski definition) is 0. The van der Waals surface area contributed by atoms with Crippen molar-refractivity contribution < 1.29 is 9.31 Å². The molecule has 1 aliphatic rings. The van der Waals surface area contributed by atoms with Gasteiger partial charge in [0.2, 0.25) is 0 Å². The summed E-state index contributed by atoms with van der Waals surface area (Å²) in [4.78, 5) is 4.26. The highest BCUT2D eigenvalue weighted by atomic mass is 16.7. The molecule has 1 saturated heterocycles. The highest BCUT2D eigenvalue weighted by Crippen LogP contribution is 2.36. The second-order valence-electron chi connectivity index (χ2n) is 6.94. The second kappa shape index (κ2) is 5.25. The first-order chi connectivity index (χ1) is 10.3. The second-order valence-corrected chi connectivity index (χ2v) is 6.94. The van der Waals surface area contributed by atoms with Crippen molar-refractivity contribution in [3.05, 3.63) is 48.0 Å². The van der Waals surface area contributed by atoms with E-state index >= 15 is 0 Å². The first-order valence-electron chi connectivity index (χ1n) is 7.71. The standard InChI is InChI=1S/C17H23BN2O2/c1-13-19-9-10-20(13)12-14-7-6-8-15(11-14)18-21-16(2,3)17(4,5)22-18/h6-11H,12H2,1-5H3. The van der Waals surface area contributed by atoms with E-state index in [1.807, 2.05) is 19.3 Å². The lowest BCUT2D eigenvalue weighted by Gasteiger charge is -2.32. The molecule has 0 aliphatic carbocycles. The largest absolute Gasteiger partial charge is 0.494 e. The summed E-state index contributed by atoms with van der Waals surface area (Å²) in [5, 5.41) is 0. The number of nitrogens with zero attached hydrogens (tertiary/aromatic N) is 2. The molecule has 22 heavy (non-hydrogen) atoms. The first kappa shape index (κ1) is 15.3. The molecule has 0 saturated carbocycles. The van der Waals surface area contributed by atoms with E-state index in [2.05, 4.69) is 61.5 Å². The van der Waals surface area contributed by atoms with E-state index in [4.69, 9.17) is 9.31 Å². The molecule has 1 fully saturated rings. The Balaban J connectivity index is 1.82. The number of benzene rings is 1. The van der Waals surface area contributed by atoms with Crippen LogP contribution >= 0.6 is 0 Å². The lowest BCUT2D eigenvalue weighted by molar-refractivity contribution is 0.00578. The molecule has 0 atom stereocenters. The average molecular weight is 298 g/mol. The fraction of sp³-hybridized carbons (Fsp3) is 0.471. The predicted molar refractivity (Wildman–Crippen MR) is 88.2 cm³/mol. The normalized spacial score (nSPS) is 19.6. The Morgan fingerprint density at radius 1 is 1.14 bits per heavy atom. The van der Waals surface area contributed by atoms with Crippen molar-refractivity contribution in [3.63, 3.8) is 0 Å². The highest BCUT2D eigenvalue weighted by molar-refractivity contribution is 6.62. The SMILES string of the molecule is Cc1nccn1Cc1cccc(B2OC(C)(C)C(C)(C)O2)c1. The van der Waals surface area contributed by atoms with Gasteiger partial charge >= 0.3 is 7.12 Å². The lowest BCUT2D eigenvalue weighted by atomic mass is 9.78. The number of imidazole rings is 1. The van der Waals surface area contributed by atoms with Gasteiger partial charge in [0.15, 0.2) is 0 Å². The molecule has 1 aliphatic heterocycles. The minimum absolute atomic E-state index is 0.311. The Bertz CT molecular complexity index is 663. The number of rotatable bonds is 3. The summed E-state index contributed by atoms with van der Waals surface area (Å²) in [5.41, 5.74) is 1.66. The Morgan fingerprint density at radius 3 is 2.41 bits per heavy atom. The van der Waals surface area contributed by atoms with Crippen molar-refractivity contribution in [1.29, 1.82) is 0 Å². The summed E-state index contributed by atoms with van der Waals surface area (Å²) in [6, 6.07) is 8.39. The maximum absolute atomic E-state index is 6.12. The van der Waals surface area contributed by atoms with Gasteiger partial charge in [-0.05, 0) is 45.6 Å². The third-order valence-electron chi connectivity index (χ3n) is 4.75. The minimum Gasteiger partial charge on any atom is -0.399 e. The maximum Gasteiger partial charge on any atom is 0.494 e. The molecule has 2 heterocycles. The van der Waals surface area contributed by atoms with Gasteiger partial charge in [0, 0.05) is 18.9 Å². The molecule has 5 heteroatoms. The smallest absolute Gasteiger partial charge is 0.399 e. The molecule has 0 amide bonds. The molecule has 0 spiro atoms. The van der Waals surface area contributed by atoms with E-state index in [9.17, 15) is 0 Å². The van der Waals surface area contributed by atoms with Crippen LogP contribution in [0.2, 0.25) is 0 Å². The zero-order valence-corrected chi connectivity index (χ0v) is 14.0. The third kappa shape index (κ3) is 2.71. The molecular weight excluding hydrogens is 275 g/mol. The monoisotopic (exact) mass is 298 g/mol. The van der Waals surface area contributed by atoms with Crippen LogP contribution in [-0.4, -0.2) is 27.9 Å². The predicted octanol–water partition coefficient (Wildman–Crippen LogP) is 2.54. The molecule has 0 unspecified atom stereocenters. The van der Waals surface area contributed by atoms with E-state index < -0.39 is 0 Å². The zero-order valence-electron chi connectivity index (χ0n) is 14.0. The topological polar surface area (TPSA) is 36.3 Å². The molecule has 4 nitrogen and oxygen atoms in total. The van der Waals surface area contributed by atoms with E-state index in [1.54, 1.807) is 0 Å². The third-order valence-corrected chi connectivity index (χ3v) is 4.75. The summed E-state index contributed by atoms with van der Waals surface area (Å²) in [6.07, 6.45) is 3.82. The molecule has 2 aromatic rings. The van der Waals surface area contributed by atoms with Crippen LogP contribution in [-0.2, 0) is 15.9 Å². The number of aryl methyl sites for hydroxylation is 1. The van der Waals surface area contributed by atoms with Crippen LogP contribution in [0.15, 0.2) is 36.7 Å². The fourth-order valence-electron chi connectivity index (χ4n) is 2.58. The van der Waals surface area contributed by atoms with Crippen molar-refractivity contribution in [2.24, 2.45) is 0 Å². The van der Waals surface area contributed by atoms with E-state index in [0.717, 1.165) is 17.8 Å². The Morgan fingerprint density at radius 2 is 1.82 bits per heavy atom. The van der Waals surface area contributed by atoms with Crippen molar-refractivity contribution in [1.82, 2.24) is 9.55 Å². The van der Waals surface area contributed by atoms with Crippen LogP contribution in [0.25, 0.3) is 0 Å². The Kier molecular flexibility index (Phi) is 3.65. The van der Waals surface area contributed by atoms with Crippen molar-refractivity contribution in [3.8, 4) is 0 Å². The highest BCUT2D eigenvalue weighted by Gasteiger charge is 2.51. The van der Waals surface area contributed by atoms with Crippen LogP contribution in [0.1, 0.15) is 39.1 Å². The summed E-state index contributed by atoms with van der Waals surface area (Å²) in [5.74, 6) is 1.01. The van der Waals surface area contributed by atoms with E-state index in [-0.39, 0.29) is 18.3 Å². The van der Waals surface area contributed by atoms with Crippen LogP contribution < -0.4 is 5.46 Å². The van der Waals surface area contributed by atoms with Crippen LogP contribution in [0.5, 0.6) is 0 Å². The van der Waals surface area contributed by atoms with Gasteiger partial charge in [-0.1, -0.05) is 24.3 Å². The molecule has 116 valence electrons. The van der Waals surface area contributed by atoms with Gasteiger partial charge in [-0.25, -0.2) is 4.98 Å². The van der Waals surface area contributed by atoms with Gasteiger partial charge in [0.05, 0.1) is 11.2 Å². The van der Waals surface area contributed by atoms with E-state index in [0.29, 0.717) is 0 Å². The molecule has 0 radical (unpaired) electrons. The maximum atomic E-state index is 6.12. The summed E-state index contributed by atoms with van der Waals surface area (Å²) >= 11 is 0. The van der Waals surface area contributed by atoms with E-state index in [1.165, 1.54) is 5.56 Å². The molecule has 0 bridgehead atoms. The van der Waals surface area contributed by atoms with Crippen LogP contribution in [0.4, 0.5) is 0 Å². The van der Waals surface area contributed by atoms with Crippen LogP contribution in [0, 0.1) is 6.92 Å². The fourth-order valence-corrected chi connectivity index (χ4v) is 2.58. The van der Waals surface area contributed by atoms with Gasteiger partial charge in [-0.3, -0.25) is 0 Å². The first-order valence-corrected chi connectivity index (χ1v) is 7.71. The molecule has 3 rings (SSSR count). The summed E-state index contributed by atoms with van der Waals surface area (Å²) < 4.78 is 14.4. The van der Waals surface area contributed by atoms with Crippen LogP contribution in [0.3, 0.4) is 0 Å². The van der Waals surface area contributed by atoms with Crippen molar-refractivity contribution >= 4 is 12.6 Å². The van der Waals surface area contributed by atoms with Gasteiger partial charge < -0.3 is 13.9 Å². The molecular formula is C17H23BN2O2. The van der Waals surface area contributed by atoms with Gasteiger partial charge in [-0.15, -0.1) is 0 Å². The number of hydrogen-bond acceptors (Lipinski definition) is 3. The lowest BCUT2D eigenvalue weighted by Crippen LogP contribution is -2.41. The molecule has 1 aromatic heterocycles. The van der Waals surface area contributed by atoms with Gasteiger partial charge in [0.25, 0.3) is 0 Å². The average Bonchev–Trinajstić information content (AvgIpc) is 2.92. The minimum atomic E-state index is -0.311.